The number of guanidine groups is 1. The predicted octanol–water partition coefficient (Wildman–Crippen LogP) is 2.83. The van der Waals surface area contributed by atoms with Gasteiger partial charge in [-0.25, -0.2) is 4.99 Å². The first-order valence-electron chi connectivity index (χ1n) is 9.05. The number of likely N-dealkylation sites (tertiary alicyclic amines) is 1. The van der Waals surface area contributed by atoms with E-state index in [0.717, 1.165) is 50.1 Å². The van der Waals surface area contributed by atoms with E-state index in [1.54, 1.807) is 0 Å². The first-order chi connectivity index (χ1) is 11.7. The van der Waals surface area contributed by atoms with Crippen LogP contribution < -0.4 is 5.32 Å². The van der Waals surface area contributed by atoms with Crippen LogP contribution in [0.4, 0.5) is 0 Å². The highest BCUT2D eigenvalue weighted by atomic mass is 127. The molecular formula is C18H30IN5O. The Morgan fingerprint density at radius 1 is 1.40 bits per heavy atom. The molecule has 0 aliphatic carbocycles. The van der Waals surface area contributed by atoms with E-state index in [1.165, 1.54) is 6.42 Å². The van der Waals surface area contributed by atoms with Crippen molar-refractivity contribution in [3.63, 3.8) is 0 Å². The lowest BCUT2D eigenvalue weighted by molar-refractivity contribution is 0.259. The molecule has 1 fully saturated rings. The highest BCUT2D eigenvalue weighted by Crippen LogP contribution is 2.19. The molecule has 2 aliphatic rings. The summed E-state index contributed by atoms with van der Waals surface area (Å²) in [5.74, 6) is 2.19. The molecule has 1 N–H and O–H groups in total. The fourth-order valence-electron chi connectivity index (χ4n) is 3.28. The lowest BCUT2D eigenvalue weighted by atomic mass is 10.1. The molecule has 0 amide bonds. The highest BCUT2D eigenvalue weighted by molar-refractivity contribution is 14.0. The van der Waals surface area contributed by atoms with Gasteiger partial charge >= 0.3 is 0 Å². The summed E-state index contributed by atoms with van der Waals surface area (Å²) < 4.78 is 5.40. The summed E-state index contributed by atoms with van der Waals surface area (Å²) in [4.78, 5) is 9.67. The number of nitrogens with zero attached hydrogens (tertiary/aromatic N) is 4. The van der Waals surface area contributed by atoms with Crippen LogP contribution in [0, 0.1) is 0 Å². The third-order valence-electron chi connectivity index (χ3n) is 4.71. The Bertz CT molecular complexity index is 590. The summed E-state index contributed by atoms with van der Waals surface area (Å²) in [6, 6.07) is 2.64. The Morgan fingerprint density at radius 3 is 2.80 bits per heavy atom. The molecule has 25 heavy (non-hydrogen) atoms. The second-order valence-electron chi connectivity index (χ2n) is 6.86. The normalized spacial score (nSPS) is 21.2. The quantitative estimate of drug-likeness (QED) is 0.318. The molecule has 0 radical (unpaired) electrons. The molecule has 1 aromatic rings. The zero-order chi connectivity index (χ0) is 16.9. The number of aliphatic imine (C=N–C) groups is 1. The third-order valence-corrected chi connectivity index (χ3v) is 4.71. The maximum atomic E-state index is 5.40. The van der Waals surface area contributed by atoms with Gasteiger partial charge in [-0.05, 0) is 19.3 Å². The van der Waals surface area contributed by atoms with E-state index in [1.807, 2.05) is 6.07 Å². The van der Waals surface area contributed by atoms with Crippen molar-refractivity contribution in [3.05, 3.63) is 29.7 Å². The van der Waals surface area contributed by atoms with Gasteiger partial charge < -0.3 is 14.7 Å². The fraction of sp³-hybridized carbons (Fsp3) is 0.667. The molecule has 0 saturated carbocycles. The minimum Gasteiger partial charge on any atom is -0.359 e. The summed E-state index contributed by atoms with van der Waals surface area (Å²) in [5.41, 5.74) is 0.993. The van der Waals surface area contributed by atoms with Crippen LogP contribution in [0.2, 0.25) is 0 Å². The van der Waals surface area contributed by atoms with Gasteiger partial charge in [0.25, 0.3) is 0 Å². The Balaban J connectivity index is 0.00000225. The maximum Gasteiger partial charge on any atom is 0.194 e. The van der Waals surface area contributed by atoms with E-state index in [-0.39, 0.29) is 24.0 Å². The fourth-order valence-corrected chi connectivity index (χ4v) is 3.28. The average molecular weight is 459 g/mol. The number of rotatable bonds is 5. The van der Waals surface area contributed by atoms with Crippen molar-refractivity contribution in [2.45, 2.75) is 45.7 Å². The standard InChI is InChI=1S/C18H29N5O.HI/c1-4-19-18(20-12-16-11-17(14(2)3)21-24-16)23-10-7-15(13-23)22-8-5-6-9-22;/h5-6,11,14-15H,4,7-10,12-13H2,1-3H3,(H,19,20);1H. The van der Waals surface area contributed by atoms with Gasteiger partial charge in [-0.15, -0.1) is 24.0 Å². The van der Waals surface area contributed by atoms with Gasteiger partial charge in [-0.1, -0.05) is 31.2 Å². The molecule has 0 bridgehead atoms. The van der Waals surface area contributed by atoms with Gasteiger partial charge in [0.15, 0.2) is 11.7 Å². The van der Waals surface area contributed by atoms with Crippen LogP contribution in [0.15, 0.2) is 27.7 Å². The SMILES string of the molecule is CCNC(=NCc1cc(C(C)C)no1)N1CCC(N2CC=CC2)C1.I. The lowest BCUT2D eigenvalue weighted by Gasteiger charge is -2.25. The number of aromatic nitrogens is 1. The smallest absolute Gasteiger partial charge is 0.194 e. The number of hydrogen-bond acceptors (Lipinski definition) is 4. The Hall–Kier alpha value is -1.09. The molecule has 6 nitrogen and oxygen atoms in total. The second-order valence-corrected chi connectivity index (χ2v) is 6.86. The first-order valence-corrected chi connectivity index (χ1v) is 9.05. The average Bonchev–Trinajstić information content (AvgIpc) is 3.32. The summed E-state index contributed by atoms with van der Waals surface area (Å²) in [7, 11) is 0. The van der Waals surface area contributed by atoms with Crippen LogP contribution >= 0.6 is 24.0 Å². The molecule has 1 saturated heterocycles. The van der Waals surface area contributed by atoms with Crippen molar-refractivity contribution in [2.75, 3.05) is 32.7 Å². The lowest BCUT2D eigenvalue weighted by Crippen LogP contribution is -2.42. The molecular weight excluding hydrogens is 429 g/mol. The second kappa shape index (κ2) is 9.56. The zero-order valence-corrected chi connectivity index (χ0v) is 17.8. The molecule has 3 heterocycles. The van der Waals surface area contributed by atoms with Crippen molar-refractivity contribution in [1.29, 1.82) is 0 Å². The molecule has 0 aromatic carbocycles. The van der Waals surface area contributed by atoms with Crippen LogP contribution in [0.5, 0.6) is 0 Å². The van der Waals surface area contributed by atoms with E-state index >= 15 is 0 Å². The van der Waals surface area contributed by atoms with E-state index in [4.69, 9.17) is 9.52 Å². The van der Waals surface area contributed by atoms with E-state index < -0.39 is 0 Å². The summed E-state index contributed by atoms with van der Waals surface area (Å²) >= 11 is 0. The molecule has 1 aromatic heterocycles. The van der Waals surface area contributed by atoms with Gasteiger partial charge in [0.1, 0.15) is 6.54 Å². The zero-order valence-electron chi connectivity index (χ0n) is 15.4. The summed E-state index contributed by atoms with van der Waals surface area (Å²) in [6.07, 6.45) is 5.72. The highest BCUT2D eigenvalue weighted by Gasteiger charge is 2.29. The van der Waals surface area contributed by atoms with Crippen LogP contribution in [0.25, 0.3) is 0 Å². The van der Waals surface area contributed by atoms with Crippen molar-refractivity contribution in [2.24, 2.45) is 4.99 Å². The van der Waals surface area contributed by atoms with Crippen molar-refractivity contribution in [3.8, 4) is 0 Å². The largest absolute Gasteiger partial charge is 0.359 e. The van der Waals surface area contributed by atoms with Gasteiger partial charge in [-0.3, -0.25) is 4.90 Å². The number of halogens is 1. The molecule has 140 valence electrons. The van der Waals surface area contributed by atoms with Gasteiger partial charge in [-0.2, -0.15) is 0 Å². The van der Waals surface area contributed by atoms with Crippen LogP contribution in [-0.4, -0.2) is 59.7 Å². The molecule has 2 aliphatic heterocycles. The van der Waals surface area contributed by atoms with Gasteiger partial charge in [0.2, 0.25) is 0 Å². The van der Waals surface area contributed by atoms with Crippen LogP contribution in [0.1, 0.15) is 44.6 Å². The minimum atomic E-state index is 0. The van der Waals surface area contributed by atoms with Crippen LogP contribution in [0.3, 0.4) is 0 Å². The molecule has 0 spiro atoms. The van der Waals surface area contributed by atoms with Gasteiger partial charge in [0.05, 0.1) is 5.69 Å². The minimum absolute atomic E-state index is 0. The van der Waals surface area contributed by atoms with Crippen molar-refractivity contribution >= 4 is 29.9 Å². The van der Waals surface area contributed by atoms with Gasteiger partial charge in [0, 0.05) is 44.8 Å². The number of hydrogen-bond donors (Lipinski definition) is 1. The van der Waals surface area contributed by atoms with E-state index in [0.29, 0.717) is 18.5 Å². The topological polar surface area (TPSA) is 56.9 Å². The summed E-state index contributed by atoms with van der Waals surface area (Å²) in [5, 5.41) is 7.52. The van der Waals surface area contributed by atoms with E-state index in [9.17, 15) is 0 Å². The summed E-state index contributed by atoms with van der Waals surface area (Å²) in [6.45, 7) is 12.0. The molecule has 7 heteroatoms. The van der Waals surface area contributed by atoms with Crippen molar-refractivity contribution in [1.82, 2.24) is 20.3 Å². The molecule has 1 atom stereocenters. The Morgan fingerprint density at radius 2 is 2.16 bits per heavy atom. The monoisotopic (exact) mass is 459 g/mol. The Labute approximate surface area is 167 Å². The number of nitrogens with one attached hydrogen (secondary N) is 1. The third kappa shape index (κ3) is 5.20. The molecule has 1 unspecified atom stereocenters. The predicted molar refractivity (Wildman–Crippen MR) is 112 cm³/mol. The van der Waals surface area contributed by atoms with E-state index in [2.05, 4.69) is 53.2 Å². The molecule has 3 rings (SSSR count). The van der Waals surface area contributed by atoms with Crippen LogP contribution in [-0.2, 0) is 6.54 Å². The maximum absolute atomic E-state index is 5.40. The first kappa shape index (κ1) is 20.2. The Kier molecular flexibility index (Phi) is 7.74. The van der Waals surface area contributed by atoms with Crippen molar-refractivity contribution < 1.29 is 4.52 Å².